The van der Waals surface area contributed by atoms with E-state index < -0.39 is 0 Å². The van der Waals surface area contributed by atoms with Crippen LogP contribution in [0, 0.1) is 5.82 Å². The molecule has 1 aliphatic heterocycles. The van der Waals surface area contributed by atoms with Crippen molar-refractivity contribution in [2.45, 2.75) is 51.7 Å². The summed E-state index contributed by atoms with van der Waals surface area (Å²) in [6.45, 7) is 4.93. The molecule has 0 radical (unpaired) electrons. The Morgan fingerprint density at radius 1 is 1.33 bits per heavy atom. The van der Waals surface area contributed by atoms with Gasteiger partial charge in [-0.25, -0.2) is 9.40 Å². The van der Waals surface area contributed by atoms with Crippen LogP contribution >= 0.6 is 11.6 Å². The van der Waals surface area contributed by atoms with Gasteiger partial charge in [-0.05, 0) is 38.8 Å². The van der Waals surface area contributed by atoms with Gasteiger partial charge in [0.05, 0.1) is 0 Å². The average molecular weight is 271 g/mol. The second-order valence-electron chi connectivity index (χ2n) is 5.11. The first-order chi connectivity index (χ1) is 8.58. The van der Waals surface area contributed by atoms with Crippen molar-refractivity contribution in [3.8, 4) is 0 Å². The van der Waals surface area contributed by atoms with Crippen LogP contribution in [0.3, 0.4) is 0 Å². The van der Waals surface area contributed by atoms with Crippen molar-refractivity contribution in [2.75, 3.05) is 0 Å². The smallest absolute Gasteiger partial charge is 0.129 e. The Hall–Kier alpha value is -0.640. The van der Waals surface area contributed by atoms with Crippen molar-refractivity contribution < 1.29 is 4.39 Å². The second-order valence-corrected chi connectivity index (χ2v) is 5.54. The van der Waals surface area contributed by atoms with Crippen molar-refractivity contribution in [3.05, 3.63) is 34.6 Å². The Labute approximate surface area is 113 Å². The lowest BCUT2D eigenvalue weighted by Crippen LogP contribution is -2.51. The lowest BCUT2D eigenvalue weighted by atomic mass is 10.00. The Morgan fingerprint density at radius 2 is 2.00 bits per heavy atom. The summed E-state index contributed by atoms with van der Waals surface area (Å²) >= 11 is 5.74. The molecule has 2 unspecified atom stereocenters. The number of nitrogens with zero attached hydrogens (tertiary/aromatic N) is 1. The van der Waals surface area contributed by atoms with Gasteiger partial charge in [0, 0.05) is 29.2 Å². The highest BCUT2D eigenvalue weighted by molar-refractivity contribution is 6.30. The quantitative estimate of drug-likeness (QED) is 0.900. The molecule has 1 aromatic carbocycles. The summed E-state index contributed by atoms with van der Waals surface area (Å²) in [5.74, 6) is -0.243. The summed E-state index contributed by atoms with van der Waals surface area (Å²) in [7, 11) is 0. The fraction of sp³-hybridized carbons (Fsp3) is 0.571. The van der Waals surface area contributed by atoms with Crippen LogP contribution in [0.1, 0.15) is 38.7 Å². The molecule has 1 saturated heterocycles. The van der Waals surface area contributed by atoms with Gasteiger partial charge in [-0.15, -0.1) is 0 Å². The molecule has 2 atom stereocenters. The molecule has 0 saturated carbocycles. The van der Waals surface area contributed by atoms with E-state index in [1.807, 2.05) is 0 Å². The van der Waals surface area contributed by atoms with Gasteiger partial charge in [-0.3, -0.25) is 5.43 Å². The van der Waals surface area contributed by atoms with Crippen LogP contribution in [0.4, 0.5) is 4.39 Å². The first-order valence-electron chi connectivity index (χ1n) is 6.53. The Morgan fingerprint density at radius 3 is 2.61 bits per heavy atom. The maximum Gasteiger partial charge on any atom is 0.129 e. The number of hydrogen-bond donors (Lipinski definition) is 1. The maximum atomic E-state index is 13.7. The monoisotopic (exact) mass is 270 g/mol. The zero-order valence-electron chi connectivity index (χ0n) is 10.9. The van der Waals surface area contributed by atoms with Gasteiger partial charge in [0.2, 0.25) is 0 Å². The molecule has 1 aromatic rings. The van der Waals surface area contributed by atoms with Crippen LogP contribution in [0.25, 0.3) is 0 Å². The Kier molecular flexibility index (Phi) is 4.60. The van der Waals surface area contributed by atoms with E-state index in [0.29, 0.717) is 29.2 Å². The summed E-state index contributed by atoms with van der Waals surface area (Å²) in [4.78, 5) is 0. The first-order valence-corrected chi connectivity index (χ1v) is 6.91. The van der Waals surface area contributed by atoms with Gasteiger partial charge >= 0.3 is 0 Å². The van der Waals surface area contributed by atoms with Gasteiger partial charge in [0.15, 0.2) is 0 Å². The van der Waals surface area contributed by atoms with Gasteiger partial charge < -0.3 is 0 Å². The molecular formula is C14H20ClFN2. The molecule has 1 N–H and O–H groups in total. The van der Waals surface area contributed by atoms with Crippen LogP contribution in [-0.4, -0.2) is 17.1 Å². The number of halogens is 2. The first kappa shape index (κ1) is 13.8. The maximum absolute atomic E-state index is 13.7. The van der Waals surface area contributed by atoms with E-state index in [1.165, 1.54) is 25.3 Å². The van der Waals surface area contributed by atoms with Gasteiger partial charge in [-0.1, -0.05) is 24.1 Å². The highest BCUT2D eigenvalue weighted by Gasteiger charge is 2.24. The number of benzene rings is 1. The molecule has 4 heteroatoms. The highest BCUT2D eigenvalue weighted by Crippen LogP contribution is 2.21. The number of nitrogens with one attached hydrogen (secondary N) is 1. The zero-order chi connectivity index (χ0) is 13.1. The molecular weight excluding hydrogens is 251 g/mol. The summed E-state index contributed by atoms with van der Waals surface area (Å²) in [6.07, 6.45) is 3.66. The Bertz CT molecular complexity index is 401. The standard InChI is InChI=1S/C14H20ClFN2/c1-10-4-3-5-11(2)18(10)17-9-12-6-7-13(15)8-14(12)16/h6-8,10-11,17H,3-5,9H2,1-2H3. The van der Waals surface area contributed by atoms with Crippen LogP contribution in [-0.2, 0) is 6.54 Å². The van der Waals surface area contributed by atoms with Gasteiger partial charge in [-0.2, -0.15) is 0 Å². The molecule has 0 aliphatic carbocycles. The summed E-state index contributed by atoms with van der Waals surface area (Å²) in [6, 6.07) is 5.84. The molecule has 1 fully saturated rings. The van der Waals surface area contributed by atoms with E-state index in [4.69, 9.17) is 11.6 Å². The van der Waals surface area contributed by atoms with Crippen LogP contribution in [0.2, 0.25) is 5.02 Å². The van der Waals surface area contributed by atoms with Crippen molar-refractivity contribution in [1.29, 1.82) is 0 Å². The van der Waals surface area contributed by atoms with Gasteiger partial charge in [0.25, 0.3) is 0 Å². The van der Waals surface area contributed by atoms with Gasteiger partial charge in [0.1, 0.15) is 5.82 Å². The molecule has 0 spiro atoms. The lowest BCUT2D eigenvalue weighted by Gasteiger charge is -2.39. The predicted octanol–water partition coefficient (Wildman–Crippen LogP) is 3.75. The molecule has 0 bridgehead atoms. The lowest BCUT2D eigenvalue weighted by molar-refractivity contribution is 0.0432. The van der Waals surface area contributed by atoms with E-state index in [0.717, 1.165) is 0 Å². The molecule has 18 heavy (non-hydrogen) atoms. The fourth-order valence-electron chi connectivity index (χ4n) is 2.57. The summed E-state index contributed by atoms with van der Waals surface area (Å²) in [5.41, 5.74) is 4.00. The third-order valence-corrected chi connectivity index (χ3v) is 3.90. The highest BCUT2D eigenvalue weighted by atomic mass is 35.5. The largest absolute Gasteiger partial charge is 0.250 e. The van der Waals surface area contributed by atoms with E-state index in [9.17, 15) is 4.39 Å². The predicted molar refractivity (Wildman–Crippen MR) is 72.9 cm³/mol. The summed E-state index contributed by atoms with van der Waals surface area (Å²) in [5, 5.41) is 2.69. The van der Waals surface area contributed by atoms with Crippen molar-refractivity contribution in [2.24, 2.45) is 0 Å². The number of hydrogen-bond acceptors (Lipinski definition) is 2. The molecule has 0 aromatic heterocycles. The Balaban J connectivity index is 1.97. The fourth-order valence-corrected chi connectivity index (χ4v) is 2.73. The third-order valence-electron chi connectivity index (χ3n) is 3.66. The molecule has 0 amide bonds. The minimum absolute atomic E-state index is 0.243. The van der Waals surface area contributed by atoms with E-state index in [2.05, 4.69) is 24.3 Å². The molecule has 1 heterocycles. The van der Waals surface area contributed by atoms with Crippen LogP contribution in [0.5, 0.6) is 0 Å². The molecule has 100 valence electrons. The summed E-state index contributed by atoms with van der Waals surface area (Å²) < 4.78 is 13.7. The van der Waals surface area contributed by atoms with E-state index in [1.54, 1.807) is 12.1 Å². The molecule has 1 aliphatic rings. The number of piperidine rings is 1. The second kappa shape index (κ2) is 6.00. The van der Waals surface area contributed by atoms with Crippen molar-refractivity contribution >= 4 is 11.6 Å². The van der Waals surface area contributed by atoms with Crippen LogP contribution < -0.4 is 5.43 Å². The number of rotatable bonds is 3. The molecule has 2 nitrogen and oxygen atoms in total. The SMILES string of the molecule is CC1CCCC(C)N1NCc1ccc(Cl)cc1F. The minimum Gasteiger partial charge on any atom is -0.250 e. The van der Waals surface area contributed by atoms with E-state index in [-0.39, 0.29) is 5.82 Å². The molecule has 2 rings (SSSR count). The normalized spacial score (nSPS) is 25.3. The average Bonchev–Trinajstić information content (AvgIpc) is 2.31. The number of hydrazine groups is 1. The third kappa shape index (κ3) is 3.22. The van der Waals surface area contributed by atoms with E-state index >= 15 is 0 Å². The van der Waals surface area contributed by atoms with Crippen LogP contribution in [0.15, 0.2) is 18.2 Å². The topological polar surface area (TPSA) is 15.3 Å². The minimum atomic E-state index is -0.243. The zero-order valence-corrected chi connectivity index (χ0v) is 11.7. The van der Waals surface area contributed by atoms with Crippen molar-refractivity contribution in [1.82, 2.24) is 10.4 Å². The van der Waals surface area contributed by atoms with Crippen molar-refractivity contribution in [3.63, 3.8) is 0 Å².